The SMILES string of the molecule is O=C(NOC(=O)N1CCC1)C1CC1. The molecule has 2 amide bonds. The number of nitrogens with zero attached hydrogens (tertiary/aromatic N) is 1. The quantitative estimate of drug-likeness (QED) is 0.595. The Kier molecular flexibility index (Phi) is 2.08. The van der Waals surface area contributed by atoms with E-state index in [0.717, 1.165) is 32.4 Å². The first-order valence-corrected chi connectivity index (χ1v) is 4.53. The number of hydrogen-bond acceptors (Lipinski definition) is 3. The molecule has 13 heavy (non-hydrogen) atoms. The summed E-state index contributed by atoms with van der Waals surface area (Å²) in [6, 6.07) is 0. The van der Waals surface area contributed by atoms with E-state index in [9.17, 15) is 9.59 Å². The van der Waals surface area contributed by atoms with E-state index in [1.165, 1.54) is 0 Å². The Morgan fingerprint density at radius 1 is 1.31 bits per heavy atom. The predicted octanol–water partition coefficient (Wildman–Crippen LogP) is 0.270. The van der Waals surface area contributed by atoms with Crippen LogP contribution in [0.15, 0.2) is 0 Å². The van der Waals surface area contributed by atoms with Crippen LogP contribution in [-0.2, 0) is 9.63 Å². The van der Waals surface area contributed by atoms with Crippen LogP contribution in [0, 0.1) is 5.92 Å². The number of carbonyl (C=O) groups excluding carboxylic acids is 2. The number of hydrogen-bond donors (Lipinski definition) is 1. The third-order valence-corrected chi connectivity index (χ3v) is 2.30. The lowest BCUT2D eigenvalue weighted by Crippen LogP contribution is -2.45. The molecule has 0 bridgehead atoms. The van der Waals surface area contributed by atoms with Gasteiger partial charge in [0.25, 0.3) is 5.91 Å². The van der Waals surface area contributed by atoms with Crippen LogP contribution in [0.25, 0.3) is 0 Å². The highest BCUT2D eigenvalue weighted by Gasteiger charge is 2.31. The molecule has 5 heteroatoms. The van der Waals surface area contributed by atoms with E-state index in [1.54, 1.807) is 4.90 Å². The zero-order valence-electron chi connectivity index (χ0n) is 7.28. The molecule has 1 aliphatic carbocycles. The van der Waals surface area contributed by atoms with Gasteiger partial charge >= 0.3 is 6.09 Å². The average molecular weight is 184 g/mol. The van der Waals surface area contributed by atoms with Crippen LogP contribution in [-0.4, -0.2) is 30.0 Å². The van der Waals surface area contributed by atoms with Crippen molar-refractivity contribution in [3.63, 3.8) is 0 Å². The Bertz CT molecular complexity index is 234. The monoisotopic (exact) mass is 184 g/mol. The molecule has 0 aromatic carbocycles. The van der Waals surface area contributed by atoms with Gasteiger partial charge in [-0.25, -0.2) is 4.79 Å². The molecule has 2 fully saturated rings. The van der Waals surface area contributed by atoms with Gasteiger partial charge in [0.15, 0.2) is 0 Å². The lowest BCUT2D eigenvalue weighted by atomic mass is 10.2. The molecule has 0 atom stereocenters. The minimum Gasteiger partial charge on any atom is -0.321 e. The lowest BCUT2D eigenvalue weighted by Gasteiger charge is -2.29. The number of amides is 2. The second kappa shape index (κ2) is 3.24. The highest BCUT2D eigenvalue weighted by molar-refractivity contribution is 5.81. The number of likely N-dealkylation sites (tertiary alicyclic amines) is 1. The maximum Gasteiger partial charge on any atom is 0.434 e. The Morgan fingerprint density at radius 3 is 2.46 bits per heavy atom. The third-order valence-electron chi connectivity index (χ3n) is 2.30. The summed E-state index contributed by atoms with van der Waals surface area (Å²) in [4.78, 5) is 28.2. The number of rotatable bonds is 1. The topological polar surface area (TPSA) is 58.6 Å². The highest BCUT2D eigenvalue weighted by Crippen LogP contribution is 2.28. The molecular weight excluding hydrogens is 172 g/mol. The van der Waals surface area contributed by atoms with E-state index >= 15 is 0 Å². The molecule has 0 aromatic rings. The fourth-order valence-electron chi connectivity index (χ4n) is 1.09. The predicted molar refractivity (Wildman–Crippen MR) is 43.5 cm³/mol. The second-order valence-corrected chi connectivity index (χ2v) is 3.45. The molecule has 5 nitrogen and oxygen atoms in total. The van der Waals surface area contributed by atoms with Gasteiger partial charge < -0.3 is 9.74 Å². The Balaban J connectivity index is 1.65. The van der Waals surface area contributed by atoms with Crippen molar-refractivity contribution >= 4 is 12.0 Å². The molecule has 2 rings (SSSR count). The first-order valence-electron chi connectivity index (χ1n) is 4.53. The van der Waals surface area contributed by atoms with E-state index in [4.69, 9.17) is 0 Å². The molecule has 0 spiro atoms. The molecule has 0 unspecified atom stereocenters. The van der Waals surface area contributed by atoms with Gasteiger partial charge in [-0.2, -0.15) is 5.48 Å². The maximum atomic E-state index is 11.1. The number of carbonyl (C=O) groups is 2. The summed E-state index contributed by atoms with van der Waals surface area (Å²) in [6.45, 7) is 1.47. The average Bonchev–Trinajstić information content (AvgIpc) is 2.78. The largest absolute Gasteiger partial charge is 0.434 e. The fourth-order valence-corrected chi connectivity index (χ4v) is 1.09. The molecule has 1 heterocycles. The first kappa shape index (κ1) is 8.34. The van der Waals surface area contributed by atoms with Crippen molar-refractivity contribution in [3.05, 3.63) is 0 Å². The summed E-state index contributed by atoms with van der Waals surface area (Å²) in [5.74, 6) is -0.0990. The standard InChI is InChI=1S/C8H12N2O3/c11-7(6-2-3-6)9-13-8(12)10-4-1-5-10/h6H,1-5H2,(H,9,11). The van der Waals surface area contributed by atoms with E-state index in [2.05, 4.69) is 10.3 Å². The van der Waals surface area contributed by atoms with E-state index in [-0.39, 0.29) is 11.8 Å². The van der Waals surface area contributed by atoms with Crippen LogP contribution in [0.4, 0.5) is 4.79 Å². The molecule has 1 aliphatic heterocycles. The van der Waals surface area contributed by atoms with Crippen molar-refractivity contribution in [1.82, 2.24) is 10.4 Å². The first-order chi connectivity index (χ1) is 6.27. The summed E-state index contributed by atoms with van der Waals surface area (Å²) < 4.78 is 0. The van der Waals surface area contributed by atoms with Crippen molar-refractivity contribution in [2.75, 3.05) is 13.1 Å². The summed E-state index contributed by atoms with van der Waals surface area (Å²) in [6.07, 6.45) is 2.39. The molecule has 1 saturated carbocycles. The molecule has 1 N–H and O–H groups in total. The van der Waals surface area contributed by atoms with Gasteiger partial charge in [0.2, 0.25) is 0 Å². The Hall–Kier alpha value is -1.26. The van der Waals surface area contributed by atoms with Gasteiger partial charge in [-0.05, 0) is 19.3 Å². The fraction of sp³-hybridized carbons (Fsp3) is 0.750. The van der Waals surface area contributed by atoms with Crippen LogP contribution in [0.3, 0.4) is 0 Å². The summed E-state index contributed by atoms with van der Waals surface area (Å²) in [5.41, 5.74) is 2.16. The van der Waals surface area contributed by atoms with Gasteiger partial charge in [0.05, 0.1) is 0 Å². The van der Waals surface area contributed by atoms with Crippen LogP contribution in [0.2, 0.25) is 0 Å². The van der Waals surface area contributed by atoms with Crippen LogP contribution < -0.4 is 5.48 Å². The number of nitrogens with one attached hydrogen (secondary N) is 1. The second-order valence-electron chi connectivity index (χ2n) is 3.45. The van der Waals surface area contributed by atoms with Crippen molar-refractivity contribution in [2.45, 2.75) is 19.3 Å². The van der Waals surface area contributed by atoms with Crippen LogP contribution in [0.5, 0.6) is 0 Å². The van der Waals surface area contributed by atoms with Crippen molar-refractivity contribution < 1.29 is 14.4 Å². The molecular formula is C8H12N2O3. The summed E-state index contributed by atoms with van der Waals surface area (Å²) in [7, 11) is 0. The van der Waals surface area contributed by atoms with Gasteiger partial charge in [0.1, 0.15) is 0 Å². The molecule has 72 valence electrons. The van der Waals surface area contributed by atoms with Crippen molar-refractivity contribution in [2.24, 2.45) is 5.92 Å². The lowest BCUT2D eigenvalue weighted by molar-refractivity contribution is -0.131. The zero-order chi connectivity index (χ0) is 9.26. The molecule has 0 aromatic heterocycles. The zero-order valence-corrected chi connectivity index (χ0v) is 7.28. The van der Waals surface area contributed by atoms with Gasteiger partial charge in [0, 0.05) is 19.0 Å². The van der Waals surface area contributed by atoms with Crippen LogP contribution in [0.1, 0.15) is 19.3 Å². The highest BCUT2D eigenvalue weighted by atomic mass is 16.7. The smallest absolute Gasteiger partial charge is 0.321 e. The normalized spacial score (nSPS) is 20.5. The molecule has 2 aliphatic rings. The Labute approximate surface area is 76.0 Å². The van der Waals surface area contributed by atoms with Gasteiger partial charge in [-0.3, -0.25) is 4.79 Å². The van der Waals surface area contributed by atoms with Crippen molar-refractivity contribution in [3.8, 4) is 0 Å². The minimum atomic E-state index is -0.444. The molecule has 1 saturated heterocycles. The summed E-state index contributed by atoms with van der Waals surface area (Å²) >= 11 is 0. The summed E-state index contributed by atoms with van der Waals surface area (Å²) in [5, 5.41) is 0. The van der Waals surface area contributed by atoms with E-state index in [0.29, 0.717) is 0 Å². The van der Waals surface area contributed by atoms with Crippen molar-refractivity contribution in [1.29, 1.82) is 0 Å². The number of hydroxylamine groups is 1. The molecule has 0 radical (unpaired) electrons. The van der Waals surface area contributed by atoms with Crippen LogP contribution >= 0.6 is 0 Å². The van der Waals surface area contributed by atoms with E-state index < -0.39 is 6.09 Å². The third kappa shape index (κ3) is 1.91. The van der Waals surface area contributed by atoms with Gasteiger partial charge in [-0.1, -0.05) is 0 Å². The Morgan fingerprint density at radius 2 is 2.00 bits per heavy atom. The van der Waals surface area contributed by atoms with E-state index in [1.807, 2.05) is 0 Å². The van der Waals surface area contributed by atoms with Gasteiger partial charge in [-0.15, -0.1) is 0 Å². The minimum absolute atomic E-state index is 0.0733. The maximum absolute atomic E-state index is 11.1.